The van der Waals surface area contributed by atoms with E-state index in [2.05, 4.69) is 15.9 Å². The maximum absolute atomic E-state index is 12.2. The van der Waals surface area contributed by atoms with E-state index in [1.54, 1.807) is 30.3 Å². The normalized spacial score (nSPS) is 10.5. The Morgan fingerprint density at radius 2 is 2.16 bits per heavy atom. The summed E-state index contributed by atoms with van der Waals surface area (Å²) < 4.78 is 5.77. The molecule has 0 spiro atoms. The molecule has 0 saturated carbocycles. The van der Waals surface area contributed by atoms with Gasteiger partial charge in [0.25, 0.3) is 5.91 Å². The Morgan fingerprint density at radius 3 is 2.74 bits per heavy atom. The summed E-state index contributed by atoms with van der Waals surface area (Å²) in [6.07, 6.45) is 1.61. The van der Waals surface area contributed by atoms with E-state index in [9.17, 15) is 9.90 Å². The first-order valence-corrected chi connectivity index (χ1v) is 6.55. The molecule has 0 aliphatic carbocycles. The van der Waals surface area contributed by atoms with Crippen LogP contribution in [0.15, 0.2) is 39.4 Å². The molecule has 0 fully saturated rings. The summed E-state index contributed by atoms with van der Waals surface area (Å²) in [7, 11) is 1.72. The maximum Gasteiger partial charge on any atom is 0.254 e. The molecule has 19 heavy (non-hydrogen) atoms. The van der Waals surface area contributed by atoms with Crippen LogP contribution in [0.1, 0.15) is 21.7 Å². The van der Waals surface area contributed by atoms with Gasteiger partial charge in [0.15, 0.2) is 0 Å². The molecule has 1 aromatic carbocycles. The Bertz CT molecular complexity index is 606. The summed E-state index contributed by atoms with van der Waals surface area (Å²) in [6.45, 7) is 2.33. The minimum atomic E-state index is -0.150. The second-order valence-corrected chi connectivity index (χ2v) is 5.18. The largest absolute Gasteiger partial charge is 0.507 e. The number of hydrogen-bond donors (Lipinski definition) is 1. The third-order valence-electron chi connectivity index (χ3n) is 2.91. The van der Waals surface area contributed by atoms with Crippen LogP contribution in [-0.2, 0) is 6.54 Å². The molecule has 2 aromatic rings. The number of aryl methyl sites for hydroxylation is 1. The number of phenols is 1. The van der Waals surface area contributed by atoms with Crippen molar-refractivity contribution in [2.75, 3.05) is 7.05 Å². The van der Waals surface area contributed by atoms with Gasteiger partial charge in [-0.15, -0.1) is 0 Å². The van der Waals surface area contributed by atoms with Crippen LogP contribution >= 0.6 is 15.9 Å². The van der Waals surface area contributed by atoms with Gasteiger partial charge in [-0.2, -0.15) is 0 Å². The molecule has 1 amide bonds. The first kappa shape index (κ1) is 13.7. The third kappa shape index (κ3) is 2.98. The monoisotopic (exact) mass is 323 g/mol. The lowest BCUT2D eigenvalue weighted by molar-refractivity contribution is 0.0784. The number of halogens is 1. The number of carbonyl (C=O) groups excluding carboxylic acids is 1. The summed E-state index contributed by atoms with van der Waals surface area (Å²) in [4.78, 5) is 13.8. The van der Waals surface area contributed by atoms with Gasteiger partial charge in [0, 0.05) is 24.7 Å². The van der Waals surface area contributed by atoms with Crippen molar-refractivity contribution in [1.29, 1.82) is 0 Å². The van der Waals surface area contributed by atoms with E-state index in [1.165, 1.54) is 6.07 Å². The number of benzene rings is 1. The van der Waals surface area contributed by atoms with Crippen molar-refractivity contribution in [2.24, 2.45) is 0 Å². The SMILES string of the molecule is Cc1occc1CN(C)C(=O)c1ccc(Br)c(O)c1. The highest BCUT2D eigenvalue weighted by molar-refractivity contribution is 9.10. The lowest BCUT2D eigenvalue weighted by Crippen LogP contribution is -2.26. The van der Waals surface area contributed by atoms with Gasteiger partial charge < -0.3 is 14.4 Å². The van der Waals surface area contributed by atoms with E-state index in [0.717, 1.165) is 11.3 Å². The molecule has 5 heteroatoms. The van der Waals surface area contributed by atoms with Crippen molar-refractivity contribution < 1.29 is 14.3 Å². The molecule has 0 aliphatic heterocycles. The van der Waals surface area contributed by atoms with Crippen LogP contribution in [0.3, 0.4) is 0 Å². The summed E-state index contributed by atoms with van der Waals surface area (Å²) in [5.74, 6) is 0.709. The minimum absolute atomic E-state index is 0.0544. The van der Waals surface area contributed by atoms with Crippen LogP contribution in [-0.4, -0.2) is 23.0 Å². The Balaban J connectivity index is 2.15. The van der Waals surface area contributed by atoms with E-state index in [4.69, 9.17) is 4.42 Å². The van der Waals surface area contributed by atoms with Crippen molar-refractivity contribution in [3.63, 3.8) is 0 Å². The van der Waals surface area contributed by atoms with Crippen LogP contribution < -0.4 is 0 Å². The molecule has 100 valence electrons. The molecule has 1 N–H and O–H groups in total. The van der Waals surface area contributed by atoms with E-state index in [0.29, 0.717) is 16.6 Å². The number of rotatable bonds is 3. The Morgan fingerprint density at radius 1 is 1.42 bits per heavy atom. The van der Waals surface area contributed by atoms with E-state index in [-0.39, 0.29) is 11.7 Å². The maximum atomic E-state index is 12.2. The van der Waals surface area contributed by atoms with E-state index < -0.39 is 0 Å². The van der Waals surface area contributed by atoms with Crippen LogP contribution in [0.25, 0.3) is 0 Å². The topological polar surface area (TPSA) is 53.7 Å². The predicted octanol–water partition coefficient (Wildman–Crippen LogP) is 3.33. The van der Waals surface area contributed by atoms with Crippen molar-refractivity contribution in [3.8, 4) is 5.75 Å². The average molecular weight is 324 g/mol. The highest BCUT2D eigenvalue weighted by Gasteiger charge is 2.15. The second kappa shape index (κ2) is 5.48. The molecule has 0 bridgehead atoms. The number of hydrogen-bond acceptors (Lipinski definition) is 3. The highest BCUT2D eigenvalue weighted by atomic mass is 79.9. The molecule has 0 atom stereocenters. The average Bonchev–Trinajstić information content (AvgIpc) is 2.77. The zero-order valence-electron chi connectivity index (χ0n) is 10.7. The summed E-state index contributed by atoms with van der Waals surface area (Å²) in [5.41, 5.74) is 1.42. The smallest absolute Gasteiger partial charge is 0.254 e. The molecule has 0 aliphatic rings. The zero-order valence-corrected chi connectivity index (χ0v) is 12.3. The standard InChI is InChI=1S/C14H14BrNO3/c1-9-11(5-6-19-9)8-16(2)14(18)10-3-4-12(15)13(17)7-10/h3-7,17H,8H2,1-2H3. The molecule has 2 rings (SSSR count). The van der Waals surface area contributed by atoms with Crippen molar-refractivity contribution in [2.45, 2.75) is 13.5 Å². The van der Waals surface area contributed by atoms with Crippen molar-refractivity contribution in [3.05, 3.63) is 51.9 Å². The first-order chi connectivity index (χ1) is 8.99. The highest BCUT2D eigenvalue weighted by Crippen LogP contribution is 2.25. The fraction of sp³-hybridized carbons (Fsp3) is 0.214. The lowest BCUT2D eigenvalue weighted by Gasteiger charge is -2.17. The van der Waals surface area contributed by atoms with E-state index in [1.807, 2.05) is 13.0 Å². The number of amides is 1. The van der Waals surface area contributed by atoms with Crippen LogP contribution in [0.4, 0.5) is 0 Å². The molecular formula is C14H14BrNO3. The molecule has 1 aromatic heterocycles. The predicted molar refractivity (Wildman–Crippen MR) is 75.0 cm³/mol. The van der Waals surface area contributed by atoms with Gasteiger partial charge >= 0.3 is 0 Å². The third-order valence-corrected chi connectivity index (χ3v) is 3.58. The molecular weight excluding hydrogens is 310 g/mol. The Hall–Kier alpha value is -1.75. The van der Waals surface area contributed by atoms with Gasteiger partial charge in [-0.25, -0.2) is 0 Å². The second-order valence-electron chi connectivity index (χ2n) is 4.33. The molecule has 1 heterocycles. The van der Waals surface area contributed by atoms with Gasteiger partial charge in [-0.1, -0.05) is 0 Å². The summed E-state index contributed by atoms with van der Waals surface area (Å²) >= 11 is 3.19. The van der Waals surface area contributed by atoms with E-state index >= 15 is 0 Å². The number of nitrogens with zero attached hydrogens (tertiary/aromatic N) is 1. The van der Waals surface area contributed by atoms with Gasteiger partial charge in [0.05, 0.1) is 10.7 Å². The fourth-order valence-electron chi connectivity index (χ4n) is 1.77. The van der Waals surface area contributed by atoms with Crippen LogP contribution in [0, 0.1) is 6.92 Å². The van der Waals surface area contributed by atoms with Crippen molar-refractivity contribution >= 4 is 21.8 Å². The number of phenolic OH excluding ortho intramolecular Hbond substituents is 1. The lowest BCUT2D eigenvalue weighted by atomic mass is 10.1. The van der Waals surface area contributed by atoms with Gasteiger partial charge in [0.2, 0.25) is 0 Å². The number of aromatic hydroxyl groups is 1. The molecule has 0 saturated heterocycles. The quantitative estimate of drug-likeness (QED) is 0.942. The summed E-state index contributed by atoms with van der Waals surface area (Å²) in [5, 5.41) is 9.60. The Labute approximate surface area is 119 Å². The first-order valence-electron chi connectivity index (χ1n) is 5.76. The summed E-state index contributed by atoms with van der Waals surface area (Å²) in [6, 6.07) is 6.62. The molecule has 4 nitrogen and oxygen atoms in total. The van der Waals surface area contributed by atoms with Crippen molar-refractivity contribution in [1.82, 2.24) is 4.90 Å². The van der Waals surface area contributed by atoms with Crippen LogP contribution in [0.5, 0.6) is 5.75 Å². The molecule has 0 radical (unpaired) electrons. The van der Waals surface area contributed by atoms with Gasteiger partial charge in [0.1, 0.15) is 11.5 Å². The number of carbonyl (C=O) groups is 1. The fourth-order valence-corrected chi connectivity index (χ4v) is 2.02. The van der Waals surface area contributed by atoms with Crippen LogP contribution in [0.2, 0.25) is 0 Å². The number of furan rings is 1. The Kier molecular flexibility index (Phi) is 3.95. The zero-order chi connectivity index (χ0) is 14.0. The van der Waals surface area contributed by atoms with Gasteiger partial charge in [-0.3, -0.25) is 4.79 Å². The molecule has 0 unspecified atom stereocenters. The van der Waals surface area contributed by atoms with Gasteiger partial charge in [-0.05, 0) is 47.1 Å². The minimum Gasteiger partial charge on any atom is -0.507 e.